The van der Waals surface area contributed by atoms with Crippen molar-refractivity contribution in [2.24, 2.45) is 5.92 Å². The fourth-order valence-electron chi connectivity index (χ4n) is 2.24. The van der Waals surface area contributed by atoms with E-state index in [1.807, 2.05) is 12.2 Å². The monoisotopic (exact) mass is 248 g/mol. The quantitative estimate of drug-likeness (QED) is 0.318. The van der Waals surface area contributed by atoms with Gasteiger partial charge in [0.1, 0.15) is 6.10 Å². The van der Waals surface area contributed by atoms with Gasteiger partial charge in [-0.15, -0.1) is 0 Å². The first-order valence-electron chi connectivity index (χ1n) is 5.78. The summed E-state index contributed by atoms with van der Waals surface area (Å²) in [5, 5.41) is 0. The van der Waals surface area contributed by atoms with Crippen LogP contribution in [0.2, 0.25) is 0 Å². The van der Waals surface area contributed by atoms with Crippen LogP contribution in [-0.4, -0.2) is 24.3 Å². The first-order valence-corrected chi connectivity index (χ1v) is 5.78. The molecule has 0 aromatic rings. The Labute approximate surface area is 104 Å². The zero-order valence-electron chi connectivity index (χ0n) is 9.79. The second-order valence-corrected chi connectivity index (χ2v) is 4.47. The number of hydrogen-bond donors (Lipinski definition) is 0. The van der Waals surface area contributed by atoms with E-state index in [2.05, 4.69) is 0 Å². The number of esters is 2. The normalized spacial score (nSPS) is 35.5. The maximum Gasteiger partial charge on any atom is 0.338 e. The summed E-state index contributed by atoms with van der Waals surface area (Å²) in [5.41, 5.74) is 0.980. The van der Waals surface area contributed by atoms with Gasteiger partial charge in [-0.25, -0.2) is 9.59 Å². The van der Waals surface area contributed by atoms with Crippen LogP contribution in [-0.2, 0) is 23.8 Å². The molecule has 1 aliphatic carbocycles. The minimum absolute atomic E-state index is 0.0420. The predicted molar refractivity (Wildman–Crippen MR) is 59.9 cm³/mol. The Morgan fingerprint density at radius 2 is 2.17 bits per heavy atom. The van der Waals surface area contributed by atoms with Crippen LogP contribution in [0.15, 0.2) is 35.6 Å². The summed E-state index contributed by atoms with van der Waals surface area (Å²) >= 11 is 0. The van der Waals surface area contributed by atoms with Crippen LogP contribution in [0.25, 0.3) is 0 Å². The zero-order valence-corrected chi connectivity index (χ0v) is 9.79. The highest BCUT2D eigenvalue weighted by Crippen LogP contribution is 2.35. The predicted octanol–water partition coefficient (Wildman–Crippen LogP) is 1.22. The zero-order chi connectivity index (χ0) is 12.7. The summed E-state index contributed by atoms with van der Waals surface area (Å²) in [7, 11) is 0. The molecule has 94 valence electrons. The molecule has 5 nitrogen and oxygen atoms in total. The standard InChI is InChI=1S/C13H12O5/c1-7-5-11(18-12(7)14)16-6-9-8-3-2-4-10(8)17-13(9)15/h2-3,5-6,8,10-11H,4H2,1H3/b9-6+/t8-,10-,11-/m0/s1. The Morgan fingerprint density at radius 1 is 1.33 bits per heavy atom. The summed E-state index contributed by atoms with van der Waals surface area (Å²) in [6.07, 6.45) is 6.72. The Balaban J connectivity index is 1.71. The first kappa shape index (κ1) is 11.1. The molecule has 0 saturated carbocycles. The largest absolute Gasteiger partial charge is 0.458 e. The summed E-state index contributed by atoms with van der Waals surface area (Å²) in [4.78, 5) is 22.7. The summed E-state index contributed by atoms with van der Waals surface area (Å²) in [5.74, 6) is -0.801. The lowest BCUT2D eigenvalue weighted by Crippen LogP contribution is -2.11. The Hall–Kier alpha value is -2.04. The van der Waals surface area contributed by atoms with Gasteiger partial charge in [0.2, 0.25) is 0 Å². The molecular weight excluding hydrogens is 236 g/mol. The van der Waals surface area contributed by atoms with E-state index in [1.165, 1.54) is 6.26 Å². The number of carbonyl (C=O) groups is 2. The molecule has 3 rings (SSSR count). The molecule has 0 spiro atoms. The molecule has 18 heavy (non-hydrogen) atoms. The molecule has 1 fully saturated rings. The highest BCUT2D eigenvalue weighted by Gasteiger charge is 2.40. The highest BCUT2D eigenvalue weighted by molar-refractivity contribution is 5.92. The van der Waals surface area contributed by atoms with Crippen LogP contribution in [0.5, 0.6) is 0 Å². The Bertz CT molecular complexity index is 500. The van der Waals surface area contributed by atoms with Crippen molar-refractivity contribution in [1.29, 1.82) is 0 Å². The van der Waals surface area contributed by atoms with Gasteiger partial charge in [-0.3, -0.25) is 0 Å². The molecule has 2 heterocycles. The fourth-order valence-corrected chi connectivity index (χ4v) is 2.24. The Morgan fingerprint density at radius 3 is 2.89 bits per heavy atom. The van der Waals surface area contributed by atoms with E-state index in [0.29, 0.717) is 11.1 Å². The van der Waals surface area contributed by atoms with Gasteiger partial charge in [-0.05, 0) is 6.92 Å². The number of hydrogen-bond acceptors (Lipinski definition) is 5. The third kappa shape index (κ3) is 1.72. The molecule has 0 N–H and O–H groups in total. The van der Waals surface area contributed by atoms with E-state index < -0.39 is 12.3 Å². The van der Waals surface area contributed by atoms with Crippen molar-refractivity contribution in [3.8, 4) is 0 Å². The highest BCUT2D eigenvalue weighted by atomic mass is 16.7. The second kappa shape index (κ2) is 4.01. The molecule has 0 radical (unpaired) electrons. The summed E-state index contributed by atoms with van der Waals surface area (Å²) < 4.78 is 15.4. The number of rotatable bonds is 2. The van der Waals surface area contributed by atoms with Gasteiger partial charge in [-0.2, -0.15) is 0 Å². The molecule has 0 bridgehead atoms. The lowest BCUT2D eigenvalue weighted by Gasteiger charge is -2.09. The molecule has 0 aromatic carbocycles. The topological polar surface area (TPSA) is 61.8 Å². The number of fused-ring (bicyclic) bond motifs is 1. The summed E-state index contributed by atoms with van der Waals surface area (Å²) in [6.45, 7) is 1.65. The van der Waals surface area contributed by atoms with Crippen LogP contribution in [0.1, 0.15) is 13.3 Å². The maximum atomic E-state index is 11.6. The van der Waals surface area contributed by atoms with Crippen molar-refractivity contribution in [1.82, 2.24) is 0 Å². The second-order valence-electron chi connectivity index (χ2n) is 4.47. The molecule has 0 amide bonds. The maximum absolute atomic E-state index is 11.6. The number of cyclic esters (lactones) is 1. The third-order valence-electron chi connectivity index (χ3n) is 3.23. The van der Waals surface area contributed by atoms with Crippen LogP contribution >= 0.6 is 0 Å². The number of ether oxygens (including phenoxy) is 3. The minimum Gasteiger partial charge on any atom is -0.458 e. The molecule has 0 unspecified atom stereocenters. The fraction of sp³-hybridized carbons (Fsp3) is 0.385. The van der Waals surface area contributed by atoms with E-state index in [-0.39, 0.29) is 18.0 Å². The van der Waals surface area contributed by atoms with Crippen molar-refractivity contribution in [3.05, 3.63) is 35.6 Å². The lowest BCUT2D eigenvalue weighted by atomic mass is 10.0. The van der Waals surface area contributed by atoms with Crippen LogP contribution in [0, 0.1) is 5.92 Å². The van der Waals surface area contributed by atoms with Crippen molar-refractivity contribution < 1.29 is 23.8 Å². The van der Waals surface area contributed by atoms with Gasteiger partial charge in [0.05, 0.1) is 11.8 Å². The van der Waals surface area contributed by atoms with Gasteiger partial charge in [-0.1, -0.05) is 12.2 Å². The molecule has 5 heteroatoms. The molecule has 1 saturated heterocycles. The average Bonchev–Trinajstić information content (AvgIpc) is 2.94. The third-order valence-corrected chi connectivity index (χ3v) is 3.23. The molecule has 3 aliphatic rings. The smallest absolute Gasteiger partial charge is 0.338 e. The van der Waals surface area contributed by atoms with Crippen LogP contribution in [0.4, 0.5) is 0 Å². The van der Waals surface area contributed by atoms with Crippen molar-refractivity contribution in [3.63, 3.8) is 0 Å². The first-order chi connectivity index (χ1) is 8.65. The molecule has 0 aromatic heterocycles. The van der Waals surface area contributed by atoms with Gasteiger partial charge in [0.15, 0.2) is 0 Å². The van der Waals surface area contributed by atoms with Crippen LogP contribution in [0.3, 0.4) is 0 Å². The molecular formula is C13H12O5. The number of carbonyl (C=O) groups excluding carboxylic acids is 2. The minimum atomic E-state index is -0.748. The van der Waals surface area contributed by atoms with Gasteiger partial charge < -0.3 is 14.2 Å². The van der Waals surface area contributed by atoms with E-state index >= 15 is 0 Å². The van der Waals surface area contributed by atoms with Crippen LogP contribution < -0.4 is 0 Å². The summed E-state index contributed by atoms with van der Waals surface area (Å²) in [6, 6.07) is 0. The van der Waals surface area contributed by atoms with Crippen molar-refractivity contribution in [2.45, 2.75) is 25.7 Å². The van der Waals surface area contributed by atoms with E-state index in [0.717, 1.165) is 6.42 Å². The Kier molecular flexibility index (Phi) is 2.47. The van der Waals surface area contributed by atoms with Gasteiger partial charge in [0.25, 0.3) is 6.29 Å². The lowest BCUT2D eigenvalue weighted by molar-refractivity contribution is -0.152. The van der Waals surface area contributed by atoms with Crippen molar-refractivity contribution in [2.75, 3.05) is 0 Å². The van der Waals surface area contributed by atoms with E-state index in [1.54, 1.807) is 13.0 Å². The van der Waals surface area contributed by atoms with Gasteiger partial charge in [0, 0.05) is 24.0 Å². The molecule has 3 atom stereocenters. The SMILES string of the molecule is CC1=C[C@@H](O/C=C2/C(=O)O[C@H]3CC=C[C@@H]23)OC1=O. The van der Waals surface area contributed by atoms with Crippen molar-refractivity contribution >= 4 is 11.9 Å². The van der Waals surface area contributed by atoms with E-state index in [4.69, 9.17) is 14.2 Å². The van der Waals surface area contributed by atoms with Gasteiger partial charge >= 0.3 is 11.9 Å². The van der Waals surface area contributed by atoms with E-state index in [9.17, 15) is 9.59 Å². The molecule has 2 aliphatic heterocycles. The average molecular weight is 248 g/mol.